The molecule has 5 heteroatoms. The van der Waals surface area contributed by atoms with E-state index in [2.05, 4.69) is 39.8 Å². The molecule has 2 aromatic carbocycles. The van der Waals surface area contributed by atoms with Crippen LogP contribution in [0.5, 0.6) is 0 Å². The van der Waals surface area contributed by atoms with E-state index in [0.29, 0.717) is 10.1 Å². The van der Waals surface area contributed by atoms with E-state index in [4.69, 9.17) is 23.8 Å². The average molecular weight is 360 g/mol. The number of thiocarbonyl (C=S) groups is 1. The maximum Gasteiger partial charge on any atom is 0.170 e. The van der Waals surface area contributed by atoms with E-state index >= 15 is 0 Å². The smallest absolute Gasteiger partial charge is 0.170 e. The lowest BCUT2D eigenvalue weighted by Gasteiger charge is -2.31. The highest BCUT2D eigenvalue weighted by Crippen LogP contribution is 2.26. The molecule has 0 radical (unpaired) electrons. The molecular formula is C19H22ClN3S. The number of halogens is 1. The quantitative estimate of drug-likeness (QED) is 0.608. The monoisotopic (exact) mass is 359 g/mol. The fourth-order valence-corrected chi connectivity index (χ4v) is 3.44. The summed E-state index contributed by atoms with van der Waals surface area (Å²) in [6.07, 6.45) is 3.46. The van der Waals surface area contributed by atoms with E-state index in [9.17, 15) is 0 Å². The van der Waals surface area contributed by atoms with Crippen LogP contribution in [0.15, 0.2) is 48.5 Å². The Labute approximate surface area is 154 Å². The number of anilines is 2. The van der Waals surface area contributed by atoms with Crippen LogP contribution in [-0.4, -0.2) is 24.7 Å². The first-order valence-electron chi connectivity index (χ1n) is 8.36. The molecular weight excluding hydrogens is 338 g/mol. The van der Waals surface area contributed by atoms with Crippen molar-refractivity contribution in [1.82, 2.24) is 5.32 Å². The third-order valence-electron chi connectivity index (χ3n) is 4.22. The van der Waals surface area contributed by atoms with Gasteiger partial charge in [0.05, 0.1) is 10.7 Å². The third-order valence-corrected chi connectivity index (χ3v) is 4.79. The lowest BCUT2D eigenvalue weighted by Crippen LogP contribution is -2.34. The van der Waals surface area contributed by atoms with Gasteiger partial charge in [-0.3, -0.25) is 0 Å². The number of para-hydroxylation sites is 2. The molecule has 0 bridgehead atoms. The van der Waals surface area contributed by atoms with Crippen LogP contribution in [-0.2, 0) is 6.42 Å². The van der Waals surface area contributed by atoms with Crippen molar-refractivity contribution in [3.05, 3.63) is 59.1 Å². The molecule has 0 atom stereocenters. The maximum absolute atomic E-state index is 6.12. The first-order chi connectivity index (χ1) is 11.7. The number of hydrogen-bond donors (Lipinski definition) is 2. The van der Waals surface area contributed by atoms with Crippen molar-refractivity contribution in [3.63, 3.8) is 0 Å². The summed E-state index contributed by atoms with van der Waals surface area (Å²) in [4.78, 5) is 2.48. The zero-order chi connectivity index (χ0) is 16.8. The number of fused-ring (bicyclic) bond motifs is 1. The zero-order valence-electron chi connectivity index (χ0n) is 13.6. The van der Waals surface area contributed by atoms with E-state index in [1.54, 1.807) is 0 Å². The van der Waals surface area contributed by atoms with Crippen LogP contribution in [0.3, 0.4) is 0 Å². The molecule has 2 N–H and O–H groups in total. The molecule has 0 saturated heterocycles. The van der Waals surface area contributed by atoms with Crippen LogP contribution < -0.4 is 15.5 Å². The van der Waals surface area contributed by atoms with Gasteiger partial charge in [0.1, 0.15) is 0 Å². The van der Waals surface area contributed by atoms with Gasteiger partial charge in [0.15, 0.2) is 5.11 Å². The van der Waals surface area contributed by atoms with E-state index in [-0.39, 0.29) is 0 Å². The first kappa shape index (κ1) is 17.1. The highest BCUT2D eigenvalue weighted by Gasteiger charge is 2.15. The molecule has 0 aliphatic carbocycles. The van der Waals surface area contributed by atoms with Crippen molar-refractivity contribution in [1.29, 1.82) is 0 Å². The number of nitrogens with zero attached hydrogens (tertiary/aromatic N) is 1. The summed E-state index contributed by atoms with van der Waals surface area (Å²) in [6.45, 7) is 3.02. The molecule has 2 aromatic rings. The molecule has 0 aromatic heterocycles. The van der Waals surface area contributed by atoms with Crippen molar-refractivity contribution in [2.24, 2.45) is 0 Å². The summed E-state index contributed by atoms with van der Waals surface area (Å²) in [5, 5.41) is 7.68. The Morgan fingerprint density at radius 1 is 1.12 bits per heavy atom. The topological polar surface area (TPSA) is 27.3 Å². The predicted molar refractivity (Wildman–Crippen MR) is 107 cm³/mol. The Bertz CT molecular complexity index is 705. The van der Waals surface area contributed by atoms with Crippen molar-refractivity contribution in [3.8, 4) is 0 Å². The predicted octanol–water partition coefficient (Wildman–Crippen LogP) is 4.47. The number of hydrogen-bond acceptors (Lipinski definition) is 2. The second kappa shape index (κ2) is 8.36. The van der Waals surface area contributed by atoms with E-state index in [0.717, 1.165) is 31.7 Å². The molecule has 0 fully saturated rings. The van der Waals surface area contributed by atoms with Gasteiger partial charge in [0.2, 0.25) is 0 Å². The Morgan fingerprint density at radius 3 is 2.79 bits per heavy atom. The average Bonchev–Trinajstić information content (AvgIpc) is 2.61. The Kier molecular flexibility index (Phi) is 5.94. The fraction of sp³-hybridized carbons (Fsp3) is 0.316. The lowest BCUT2D eigenvalue weighted by molar-refractivity contribution is 0.658. The zero-order valence-corrected chi connectivity index (χ0v) is 15.2. The van der Waals surface area contributed by atoms with Crippen LogP contribution >= 0.6 is 23.8 Å². The third kappa shape index (κ3) is 4.40. The summed E-state index contributed by atoms with van der Waals surface area (Å²) in [5.74, 6) is 0. The summed E-state index contributed by atoms with van der Waals surface area (Å²) in [7, 11) is 0. The van der Waals surface area contributed by atoms with Crippen LogP contribution in [0.25, 0.3) is 0 Å². The minimum Gasteiger partial charge on any atom is -0.371 e. The molecule has 0 spiro atoms. The Hall–Kier alpha value is -1.78. The summed E-state index contributed by atoms with van der Waals surface area (Å²) >= 11 is 11.5. The van der Waals surface area contributed by atoms with Gasteiger partial charge in [0.25, 0.3) is 0 Å². The standard InChI is InChI=1S/C19H22ClN3S/c20-16-9-2-3-10-17(16)22-19(24)21-12-6-14-23-13-5-8-15-7-1-4-11-18(15)23/h1-4,7,9-11H,5-6,8,12-14H2,(H2,21,22,24). The van der Waals surface area contributed by atoms with Crippen LogP contribution in [0, 0.1) is 0 Å². The Balaban J connectivity index is 1.43. The largest absolute Gasteiger partial charge is 0.371 e. The molecule has 3 rings (SSSR count). The van der Waals surface area contributed by atoms with Crippen molar-refractivity contribution < 1.29 is 0 Å². The van der Waals surface area contributed by atoms with E-state index in [1.165, 1.54) is 24.1 Å². The van der Waals surface area contributed by atoms with Gasteiger partial charge in [-0.05, 0) is 55.2 Å². The minimum atomic E-state index is 0.613. The van der Waals surface area contributed by atoms with Crippen molar-refractivity contribution >= 4 is 40.3 Å². The normalized spacial score (nSPS) is 13.3. The van der Waals surface area contributed by atoms with Gasteiger partial charge in [0, 0.05) is 25.3 Å². The molecule has 1 heterocycles. The lowest BCUT2D eigenvalue weighted by atomic mass is 10.0. The molecule has 0 unspecified atom stereocenters. The van der Waals surface area contributed by atoms with Crippen LogP contribution in [0.1, 0.15) is 18.4 Å². The number of nitrogens with one attached hydrogen (secondary N) is 2. The van der Waals surface area contributed by atoms with E-state index in [1.807, 2.05) is 24.3 Å². The SMILES string of the molecule is S=C(NCCCN1CCCc2ccccc21)Nc1ccccc1Cl. The van der Waals surface area contributed by atoms with Gasteiger partial charge in [-0.2, -0.15) is 0 Å². The van der Waals surface area contributed by atoms with Gasteiger partial charge in [-0.25, -0.2) is 0 Å². The highest BCUT2D eigenvalue weighted by atomic mass is 35.5. The summed E-state index contributed by atoms with van der Waals surface area (Å²) in [6, 6.07) is 16.3. The number of rotatable bonds is 5. The van der Waals surface area contributed by atoms with E-state index < -0.39 is 0 Å². The van der Waals surface area contributed by atoms with Gasteiger partial charge < -0.3 is 15.5 Å². The first-order valence-corrected chi connectivity index (χ1v) is 9.15. The Morgan fingerprint density at radius 2 is 1.92 bits per heavy atom. The molecule has 0 amide bonds. The summed E-state index contributed by atoms with van der Waals surface area (Å²) in [5.41, 5.74) is 3.69. The van der Waals surface area contributed by atoms with Crippen molar-refractivity contribution in [2.45, 2.75) is 19.3 Å². The number of benzene rings is 2. The van der Waals surface area contributed by atoms with Crippen LogP contribution in [0.4, 0.5) is 11.4 Å². The van der Waals surface area contributed by atoms with Crippen molar-refractivity contribution in [2.75, 3.05) is 29.9 Å². The number of aryl methyl sites for hydroxylation is 1. The van der Waals surface area contributed by atoms with Gasteiger partial charge >= 0.3 is 0 Å². The molecule has 24 heavy (non-hydrogen) atoms. The molecule has 126 valence electrons. The fourth-order valence-electron chi connectivity index (χ4n) is 3.04. The molecule has 3 nitrogen and oxygen atoms in total. The molecule has 1 aliphatic heterocycles. The second-order valence-corrected chi connectivity index (χ2v) is 6.75. The van der Waals surface area contributed by atoms with Gasteiger partial charge in [-0.1, -0.05) is 41.9 Å². The molecule has 1 aliphatic rings. The maximum atomic E-state index is 6.12. The highest BCUT2D eigenvalue weighted by molar-refractivity contribution is 7.80. The summed E-state index contributed by atoms with van der Waals surface area (Å²) < 4.78 is 0. The minimum absolute atomic E-state index is 0.613. The molecule has 0 saturated carbocycles. The van der Waals surface area contributed by atoms with Crippen LogP contribution in [0.2, 0.25) is 5.02 Å². The second-order valence-electron chi connectivity index (χ2n) is 5.93. The van der Waals surface area contributed by atoms with Gasteiger partial charge in [-0.15, -0.1) is 0 Å².